The van der Waals surface area contributed by atoms with Crippen LogP contribution in [0.3, 0.4) is 0 Å². The van der Waals surface area contributed by atoms with E-state index in [0.717, 1.165) is 48.5 Å². The average Bonchev–Trinajstić information content (AvgIpc) is 2.65. The van der Waals surface area contributed by atoms with Crippen molar-refractivity contribution in [1.82, 2.24) is 0 Å². The summed E-state index contributed by atoms with van der Waals surface area (Å²) in [7, 11) is -3.86. The third-order valence-electron chi connectivity index (χ3n) is 3.30. The van der Waals surface area contributed by atoms with E-state index in [2.05, 4.69) is 20.6 Å². The number of hydrogen-bond donors (Lipinski definition) is 0. The van der Waals surface area contributed by atoms with Crippen LogP contribution in [-0.2, 0) is 18.1 Å². The molecule has 0 aliphatic carbocycles. The molecule has 0 spiro atoms. The van der Waals surface area contributed by atoms with E-state index in [0.29, 0.717) is 0 Å². The fraction of sp³-hybridized carbons (Fsp3) is 0.750. The zero-order valence-electron chi connectivity index (χ0n) is 16.8. The molecule has 0 aromatic rings. The van der Waals surface area contributed by atoms with Gasteiger partial charge in [0.1, 0.15) is 0 Å². The largest absolute Gasteiger partial charge is 1.05 e. The Labute approximate surface area is 152 Å². The first-order valence-corrected chi connectivity index (χ1v) is 10.3. The summed E-state index contributed by atoms with van der Waals surface area (Å²) >= 11 is 0. The van der Waals surface area contributed by atoms with Crippen LogP contribution < -0.4 is 0 Å². The first kappa shape index (κ1) is 23.1. The fourth-order valence-corrected chi connectivity index (χ4v) is 2.16. The van der Waals surface area contributed by atoms with Crippen LogP contribution in [0.5, 0.6) is 0 Å². The summed E-state index contributed by atoms with van der Waals surface area (Å²) in [4.78, 5) is 0. The molecule has 0 fully saturated rings. The van der Waals surface area contributed by atoms with E-state index < -0.39 is 9.05 Å². The minimum Gasteiger partial charge on any atom is -0.340 e. The lowest BCUT2D eigenvalue weighted by molar-refractivity contribution is -0.0319. The molecule has 0 saturated carbocycles. The minimum absolute atomic E-state index is 0.718. The molecule has 0 aromatic carbocycles. The zero-order chi connectivity index (χ0) is 19.3. The molecule has 0 bridgehead atoms. The van der Waals surface area contributed by atoms with Gasteiger partial charge in [0, 0.05) is 0 Å². The van der Waals surface area contributed by atoms with Crippen molar-refractivity contribution >= 4 is 31.9 Å². The van der Waals surface area contributed by atoms with Crippen molar-refractivity contribution < 1.29 is 18.1 Å². The van der Waals surface area contributed by atoms with Gasteiger partial charge in [-0.1, -0.05) is 27.7 Å². The summed E-state index contributed by atoms with van der Waals surface area (Å²) < 4.78 is 22.0. The maximum absolute atomic E-state index is 5.51. The molecule has 0 heterocycles. The maximum atomic E-state index is 5.51. The summed E-state index contributed by atoms with van der Waals surface area (Å²) in [6.45, 7) is 15.2. The van der Waals surface area contributed by atoms with Crippen LogP contribution in [0.1, 0.15) is 81.1 Å². The van der Waals surface area contributed by atoms with Gasteiger partial charge in [0.05, 0.1) is 22.8 Å². The monoisotopic (exact) mass is 372 g/mol. The molecule has 9 heteroatoms. The molecule has 0 unspecified atom stereocenters. The Balaban J connectivity index is 5.71. The molecule has 0 rings (SSSR count). The van der Waals surface area contributed by atoms with Gasteiger partial charge in [-0.2, -0.15) is 0 Å². The third-order valence-corrected chi connectivity index (χ3v) is 4.56. The molecule has 0 saturated heterocycles. The summed E-state index contributed by atoms with van der Waals surface area (Å²) in [5.74, 6) is 0. The Bertz CT molecular complexity index is 425. The Kier molecular flexibility index (Phi) is 11.5. The molecular weight excluding hydrogens is 340 g/mol. The second-order valence-electron chi connectivity index (χ2n) is 5.59. The van der Waals surface area contributed by atoms with E-state index >= 15 is 0 Å². The van der Waals surface area contributed by atoms with E-state index in [1.54, 1.807) is 0 Å². The summed E-state index contributed by atoms with van der Waals surface area (Å²) in [5.41, 5.74) is 3.04. The topological polar surface area (TPSA) is 86.4 Å². The Morgan fingerprint density at radius 1 is 0.520 bits per heavy atom. The normalized spacial score (nSPS) is 14.4. The smallest absolute Gasteiger partial charge is 0.340 e. The van der Waals surface area contributed by atoms with Gasteiger partial charge in [-0.25, -0.2) is 0 Å². The maximum Gasteiger partial charge on any atom is 1.05 e. The summed E-state index contributed by atoms with van der Waals surface area (Å²) in [5, 5.41) is 16.1. The second kappa shape index (κ2) is 12.5. The Morgan fingerprint density at radius 2 is 0.720 bits per heavy atom. The number of oxime groups is 4. The van der Waals surface area contributed by atoms with Crippen LogP contribution in [0.15, 0.2) is 20.6 Å². The first-order valence-electron chi connectivity index (χ1n) is 8.68. The fourth-order valence-electron chi connectivity index (χ4n) is 0.893. The Morgan fingerprint density at radius 3 is 0.880 bits per heavy atom. The Hall–Kier alpha value is -1.90. The van der Waals surface area contributed by atoms with Gasteiger partial charge in [0.15, 0.2) is 0 Å². The highest BCUT2D eigenvalue weighted by Gasteiger charge is 2.63. The van der Waals surface area contributed by atoms with Crippen molar-refractivity contribution in [2.24, 2.45) is 20.6 Å². The molecule has 0 aliphatic rings. The van der Waals surface area contributed by atoms with Crippen molar-refractivity contribution in [2.75, 3.05) is 0 Å². The highest BCUT2D eigenvalue weighted by molar-refractivity contribution is 6.53. The number of nitrogens with zero attached hydrogens (tertiary/aromatic N) is 4. The first-order chi connectivity index (χ1) is 11.8. The van der Waals surface area contributed by atoms with Crippen LogP contribution in [0, 0.1) is 0 Å². The molecule has 144 valence electrons. The van der Waals surface area contributed by atoms with Crippen LogP contribution in [0.25, 0.3) is 0 Å². The van der Waals surface area contributed by atoms with E-state index in [9.17, 15) is 0 Å². The van der Waals surface area contributed by atoms with Crippen molar-refractivity contribution in [2.45, 2.75) is 81.1 Å². The highest BCUT2D eigenvalue weighted by Crippen LogP contribution is 2.16. The number of hydrogen-bond acceptors (Lipinski definition) is 8. The quantitative estimate of drug-likeness (QED) is 0.284. The van der Waals surface area contributed by atoms with E-state index in [1.807, 2.05) is 55.4 Å². The molecule has 0 radical (unpaired) electrons. The van der Waals surface area contributed by atoms with Gasteiger partial charge in [-0.15, -0.1) is 20.6 Å². The van der Waals surface area contributed by atoms with Crippen LogP contribution in [0.2, 0.25) is 0 Å². The molecule has 0 aromatic heterocycles. The minimum atomic E-state index is -3.86. The van der Waals surface area contributed by atoms with E-state index in [4.69, 9.17) is 18.1 Å². The summed E-state index contributed by atoms with van der Waals surface area (Å²) in [6, 6.07) is 0. The van der Waals surface area contributed by atoms with Crippen molar-refractivity contribution in [3.8, 4) is 0 Å². The predicted molar refractivity (Wildman–Crippen MR) is 104 cm³/mol. The van der Waals surface area contributed by atoms with Crippen molar-refractivity contribution in [1.29, 1.82) is 0 Å². The second-order valence-corrected chi connectivity index (χ2v) is 7.32. The molecule has 8 nitrogen and oxygen atoms in total. The van der Waals surface area contributed by atoms with Gasteiger partial charge in [-0.05, 0) is 53.4 Å². The summed E-state index contributed by atoms with van der Waals surface area (Å²) in [6.07, 6.45) is 2.87. The average molecular weight is 373 g/mol. The van der Waals surface area contributed by atoms with Gasteiger partial charge in [-0.3, -0.25) is 0 Å². The van der Waals surface area contributed by atoms with Crippen molar-refractivity contribution in [3.05, 3.63) is 0 Å². The SMILES string of the molecule is CC/C(C)=N\O[Si](O/N=C(/C)CC)(O/N=C(\C)CC)O/N=C(\C)CC. The standard InChI is InChI=1S/C16H32N4O4Si/c1-9-13(5)17-21-25(22-18-14(6)10-2,23-19-15(7)11-3)24-20-16(8)12-4/h9-12H2,1-8H3/b17-13-,18-14-,19-15+,20-16+. The van der Waals surface area contributed by atoms with Crippen molar-refractivity contribution in [3.63, 3.8) is 0 Å². The molecule has 0 aliphatic heterocycles. The van der Waals surface area contributed by atoms with Gasteiger partial charge >= 0.3 is 9.05 Å². The van der Waals surface area contributed by atoms with E-state index in [-0.39, 0.29) is 0 Å². The molecular formula is C16H32N4O4Si. The predicted octanol–water partition coefficient (Wildman–Crippen LogP) is 4.63. The van der Waals surface area contributed by atoms with E-state index in [1.165, 1.54) is 0 Å². The lowest BCUT2D eigenvalue weighted by Crippen LogP contribution is -2.45. The van der Waals surface area contributed by atoms with Gasteiger partial charge < -0.3 is 18.1 Å². The zero-order valence-corrected chi connectivity index (χ0v) is 17.8. The highest BCUT2D eigenvalue weighted by atomic mass is 28.4. The number of rotatable bonds is 12. The molecule has 0 amide bonds. The molecule has 0 atom stereocenters. The van der Waals surface area contributed by atoms with Crippen LogP contribution in [0.4, 0.5) is 0 Å². The lowest BCUT2D eigenvalue weighted by atomic mass is 10.3. The van der Waals surface area contributed by atoms with Gasteiger partial charge in [0.25, 0.3) is 0 Å². The molecule has 25 heavy (non-hydrogen) atoms. The van der Waals surface area contributed by atoms with Crippen LogP contribution in [-0.4, -0.2) is 31.9 Å². The third kappa shape index (κ3) is 9.85. The lowest BCUT2D eigenvalue weighted by Gasteiger charge is -2.18. The van der Waals surface area contributed by atoms with Crippen LogP contribution >= 0.6 is 0 Å². The van der Waals surface area contributed by atoms with Gasteiger partial charge in [0.2, 0.25) is 0 Å². The molecule has 0 N–H and O–H groups in total.